The van der Waals surface area contributed by atoms with Gasteiger partial charge >= 0.3 is 0 Å². The van der Waals surface area contributed by atoms with Crippen LogP contribution in [-0.4, -0.2) is 49.2 Å². The van der Waals surface area contributed by atoms with Gasteiger partial charge in [-0.25, -0.2) is 4.98 Å². The second-order valence-corrected chi connectivity index (χ2v) is 6.11. The van der Waals surface area contributed by atoms with Crippen molar-refractivity contribution in [3.05, 3.63) is 11.1 Å². The number of aromatic nitrogens is 1. The largest absolute Gasteiger partial charge is 0.344 e. The van der Waals surface area contributed by atoms with Crippen molar-refractivity contribution in [2.45, 2.75) is 39.3 Å². The molecule has 19 heavy (non-hydrogen) atoms. The van der Waals surface area contributed by atoms with Gasteiger partial charge in [0.1, 0.15) is 0 Å². The van der Waals surface area contributed by atoms with E-state index in [2.05, 4.69) is 41.4 Å². The van der Waals surface area contributed by atoms with Gasteiger partial charge in [-0.3, -0.25) is 0 Å². The lowest BCUT2D eigenvalue weighted by atomic mass is 10.2. The minimum Gasteiger partial charge on any atom is -0.344 e. The number of rotatable bonds is 5. The molecule has 108 valence electrons. The zero-order valence-corrected chi connectivity index (χ0v) is 13.2. The molecule has 0 radical (unpaired) electrons. The van der Waals surface area contributed by atoms with Crippen LogP contribution >= 0.6 is 11.3 Å². The van der Waals surface area contributed by atoms with E-state index in [9.17, 15) is 0 Å². The van der Waals surface area contributed by atoms with Crippen LogP contribution in [0, 0.1) is 0 Å². The summed E-state index contributed by atoms with van der Waals surface area (Å²) in [7, 11) is 2.23. The zero-order valence-electron chi connectivity index (χ0n) is 12.4. The molecule has 1 aliphatic rings. The van der Waals surface area contributed by atoms with Gasteiger partial charge in [-0.15, -0.1) is 11.3 Å². The van der Waals surface area contributed by atoms with Crippen LogP contribution in [0.4, 0.5) is 5.13 Å². The Morgan fingerprint density at radius 1 is 1.42 bits per heavy atom. The molecule has 0 saturated carbocycles. The maximum absolute atomic E-state index is 4.80. The minimum absolute atomic E-state index is 0.602. The van der Waals surface area contributed by atoms with E-state index in [1.54, 1.807) is 11.3 Å². The molecule has 0 aliphatic carbocycles. The number of hydrogen-bond acceptors (Lipinski definition) is 5. The van der Waals surface area contributed by atoms with Crippen molar-refractivity contribution in [1.82, 2.24) is 15.2 Å². The first-order valence-electron chi connectivity index (χ1n) is 7.34. The Morgan fingerprint density at radius 2 is 2.26 bits per heavy atom. The van der Waals surface area contributed by atoms with Gasteiger partial charge in [0.25, 0.3) is 0 Å². The molecule has 1 saturated heterocycles. The molecule has 1 aromatic heterocycles. The lowest BCUT2D eigenvalue weighted by Crippen LogP contribution is -2.39. The van der Waals surface area contributed by atoms with Gasteiger partial charge in [0.2, 0.25) is 0 Å². The zero-order chi connectivity index (χ0) is 13.7. The van der Waals surface area contributed by atoms with E-state index in [1.165, 1.54) is 30.2 Å². The van der Waals surface area contributed by atoms with Crippen LogP contribution in [0.25, 0.3) is 0 Å². The Bertz CT molecular complexity index is 379. The number of likely N-dealkylation sites (N-methyl/N-ethyl adjacent to an activating group) is 1. The monoisotopic (exact) mass is 282 g/mol. The summed E-state index contributed by atoms with van der Waals surface area (Å²) in [4.78, 5) is 9.76. The first-order chi connectivity index (χ1) is 9.24. The van der Waals surface area contributed by atoms with Crippen LogP contribution in [0.2, 0.25) is 0 Å². The van der Waals surface area contributed by atoms with Gasteiger partial charge in [0.15, 0.2) is 5.13 Å². The fourth-order valence-electron chi connectivity index (χ4n) is 2.61. The quantitative estimate of drug-likeness (QED) is 0.897. The van der Waals surface area contributed by atoms with Gasteiger partial charge in [-0.1, -0.05) is 13.8 Å². The Balaban J connectivity index is 2.07. The third-order valence-corrected chi connectivity index (χ3v) is 4.64. The smallest absolute Gasteiger partial charge is 0.185 e. The number of anilines is 1. The normalized spacial score (nSPS) is 21.6. The average molecular weight is 282 g/mol. The van der Waals surface area contributed by atoms with Gasteiger partial charge < -0.3 is 15.1 Å². The lowest BCUT2D eigenvalue weighted by molar-refractivity contribution is 0.328. The molecule has 1 atom stereocenters. The van der Waals surface area contributed by atoms with Gasteiger partial charge in [-0.05, 0) is 33.0 Å². The van der Waals surface area contributed by atoms with E-state index in [1.807, 2.05) is 0 Å². The van der Waals surface area contributed by atoms with E-state index in [0.29, 0.717) is 6.04 Å². The van der Waals surface area contributed by atoms with Crippen molar-refractivity contribution in [1.29, 1.82) is 0 Å². The highest BCUT2D eigenvalue weighted by Crippen LogP contribution is 2.25. The summed E-state index contributed by atoms with van der Waals surface area (Å²) in [5.41, 5.74) is 1.18. The summed E-state index contributed by atoms with van der Waals surface area (Å²) in [6, 6.07) is 0.602. The number of hydrogen-bond donors (Lipinski definition) is 1. The Labute approximate surface area is 120 Å². The van der Waals surface area contributed by atoms with Crippen LogP contribution in [0.3, 0.4) is 0 Å². The van der Waals surface area contributed by atoms with E-state index in [-0.39, 0.29) is 0 Å². The maximum atomic E-state index is 4.80. The molecule has 0 bridgehead atoms. The molecule has 1 aromatic rings. The predicted molar refractivity (Wildman–Crippen MR) is 83.0 cm³/mol. The van der Waals surface area contributed by atoms with Crippen LogP contribution < -0.4 is 10.2 Å². The summed E-state index contributed by atoms with van der Waals surface area (Å²) in [5.74, 6) is 0. The van der Waals surface area contributed by atoms with Crippen LogP contribution in [0.5, 0.6) is 0 Å². The molecule has 1 unspecified atom stereocenters. The van der Waals surface area contributed by atoms with Crippen LogP contribution in [0.1, 0.15) is 32.4 Å². The molecule has 1 aliphatic heterocycles. The highest BCUT2D eigenvalue weighted by molar-refractivity contribution is 7.13. The first kappa shape index (κ1) is 14.8. The molecule has 0 aromatic carbocycles. The molecule has 1 N–H and O–H groups in total. The van der Waals surface area contributed by atoms with Crippen LogP contribution in [-0.2, 0) is 6.54 Å². The highest BCUT2D eigenvalue weighted by Gasteiger charge is 2.24. The molecular weight excluding hydrogens is 256 g/mol. The maximum Gasteiger partial charge on any atom is 0.185 e. The van der Waals surface area contributed by atoms with Gasteiger partial charge in [0, 0.05) is 31.1 Å². The third kappa shape index (κ3) is 3.91. The molecule has 1 fully saturated rings. The first-order valence-corrected chi connectivity index (χ1v) is 8.22. The molecule has 0 spiro atoms. The average Bonchev–Trinajstić information content (AvgIpc) is 2.79. The van der Waals surface area contributed by atoms with Gasteiger partial charge in [0.05, 0.1) is 5.69 Å². The fraction of sp³-hybridized carbons (Fsp3) is 0.786. The second-order valence-electron chi connectivity index (χ2n) is 5.27. The minimum atomic E-state index is 0.602. The van der Waals surface area contributed by atoms with Crippen molar-refractivity contribution < 1.29 is 0 Å². The van der Waals surface area contributed by atoms with Crippen molar-refractivity contribution in [2.24, 2.45) is 0 Å². The van der Waals surface area contributed by atoms with E-state index >= 15 is 0 Å². The van der Waals surface area contributed by atoms with Crippen molar-refractivity contribution in [3.63, 3.8) is 0 Å². The van der Waals surface area contributed by atoms with Crippen molar-refractivity contribution >= 4 is 16.5 Å². The number of nitrogens with one attached hydrogen (secondary N) is 1. The molecule has 0 amide bonds. The van der Waals surface area contributed by atoms with E-state index < -0.39 is 0 Å². The Morgan fingerprint density at radius 3 is 3.00 bits per heavy atom. The van der Waals surface area contributed by atoms with Crippen LogP contribution in [0.15, 0.2) is 5.38 Å². The van der Waals surface area contributed by atoms with E-state index in [4.69, 9.17) is 4.98 Å². The molecular formula is C14H26N4S. The number of nitrogens with zero attached hydrogens (tertiary/aromatic N) is 3. The fourth-order valence-corrected chi connectivity index (χ4v) is 3.53. The molecule has 2 rings (SSSR count). The predicted octanol–water partition coefficient (Wildman–Crippen LogP) is 2.17. The Kier molecular flexibility index (Phi) is 5.60. The second kappa shape index (κ2) is 7.22. The Hall–Kier alpha value is -0.650. The van der Waals surface area contributed by atoms with Gasteiger partial charge in [-0.2, -0.15) is 0 Å². The van der Waals surface area contributed by atoms with E-state index in [0.717, 1.165) is 26.2 Å². The van der Waals surface area contributed by atoms with Crippen molar-refractivity contribution in [3.8, 4) is 0 Å². The summed E-state index contributed by atoms with van der Waals surface area (Å²) in [6.45, 7) is 9.78. The SMILES string of the molecule is CCNCc1csc(N2CCCN(C)CC2CC)n1. The van der Waals surface area contributed by atoms with Crippen molar-refractivity contribution in [2.75, 3.05) is 38.1 Å². The number of thiazole rings is 1. The summed E-state index contributed by atoms with van der Waals surface area (Å²) < 4.78 is 0. The standard InChI is InChI=1S/C14H26N4S/c1-4-13-10-17(3)7-6-8-18(13)14-16-12(11-19-14)9-15-5-2/h11,13,15H,4-10H2,1-3H3. The molecule has 4 nitrogen and oxygen atoms in total. The summed E-state index contributed by atoms with van der Waals surface area (Å²) >= 11 is 1.79. The summed E-state index contributed by atoms with van der Waals surface area (Å²) in [5, 5.41) is 6.74. The third-order valence-electron chi connectivity index (χ3n) is 3.71. The summed E-state index contributed by atoms with van der Waals surface area (Å²) in [6.07, 6.45) is 2.42. The molecule has 2 heterocycles. The topological polar surface area (TPSA) is 31.4 Å². The molecule has 5 heteroatoms. The highest BCUT2D eigenvalue weighted by atomic mass is 32.1. The lowest BCUT2D eigenvalue weighted by Gasteiger charge is -2.29.